The van der Waals surface area contributed by atoms with E-state index in [9.17, 15) is 14.9 Å². The first-order chi connectivity index (χ1) is 16.9. The minimum absolute atomic E-state index is 0.141. The molecule has 3 aromatic carbocycles. The number of hydrogen-bond acceptors (Lipinski definition) is 7. The molecule has 1 amide bonds. The minimum Gasteiger partial charge on any atom is -0.436 e. The summed E-state index contributed by atoms with van der Waals surface area (Å²) in [6, 6.07) is 15.6. The lowest BCUT2D eigenvalue weighted by Crippen LogP contribution is -2.37. The molecule has 1 aliphatic rings. The number of rotatable bonds is 5. The van der Waals surface area contributed by atoms with Crippen molar-refractivity contribution in [2.24, 2.45) is 0 Å². The summed E-state index contributed by atoms with van der Waals surface area (Å²) in [6.45, 7) is 6.30. The third-order valence-corrected chi connectivity index (χ3v) is 6.05. The van der Waals surface area contributed by atoms with Crippen LogP contribution in [0.4, 0.5) is 17.1 Å². The van der Waals surface area contributed by atoms with Gasteiger partial charge in [0, 0.05) is 36.5 Å². The summed E-state index contributed by atoms with van der Waals surface area (Å²) < 4.78 is 11.3. The van der Waals surface area contributed by atoms with Gasteiger partial charge in [0.1, 0.15) is 5.52 Å². The van der Waals surface area contributed by atoms with Crippen LogP contribution in [0.5, 0.6) is 0 Å². The van der Waals surface area contributed by atoms with Crippen molar-refractivity contribution in [2.75, 3.05) is 36.5 Å². The number of carbonyl (C=O) groups is 1. The Bertz CT molecular complexity index is 1440. The number of amides is 1. The number of anilines is 2. The van der Waals surface area contributed by atoms with Crippen molar-refractivity contribution in [2.45, 2.75) is 13.8 Å². The van der Waals surface area contributed by atoms with Gasteiger partial charge in [-0.3, -0.25) is 14.9 Å². The van der Waals surface area contributed by atoms with E-state index in [1.807, 2.05) is 30.9 Å². The lowest BCUT2D eigenvalue weighted by atomic mass is 10.1. The molecule has 1 aromatic heterocycles. The molecule has 0 unspecified atom stereocenters. The number of aryl methyl sites for hydroxylation is 2. The van der Waals surface area contributed by atoms with Gasteiger partial charge in [-0.15, -0.1) is 0 Å². The van der Waals surface area contributed by atoms with Crippen LogP contribution in [0.15, 0.2) is 59.0 Å². The highest BCUT2D eigenvalue weighted by atomic mass is 16.6. The van der Waals surface area contributed by atoms with Crippen molar-refractivity contribution in [1.82, 2.24) is 4.98 Å². The van der Waals surface area contributed by atoms with Gasteiger partial charge >= 0.3 is 0 Å². The predicted octanol–water partition coefficient (Wildman–Crippen LogP) is 5.11. The zero-order chi connectivity index (χ0) is 24.5. The molecule has 0 radical (unpaired) electrons. The molecule has 4 aromatic rings. The number of hydrogen-bond donors (Lipinski definition) is 1. The van der Waals surface area contributed by atoms with Crippen LogP contribution in [0, 0.1) is 24.0 Å². The quantitative estimate of drug-likeness (QED) is 0.317. The molecule has 9 heteroatoms. The zero-order valence-electron chi connectivity index (χ0n) is 19.4. The molecule has 35 heavy (non-hydrogen) atoms. The summed E-state index contributed by atoms with van der Waals surface area (Å²) in [5, 5.41) is 14.2. The van der Waals surface area contributed by atoms with Crippen LogP contribution in [-0.2, 0) is 4.74 Å². The van der Waals surface area contributed by atoms with Gasteiger partial charge in [0.05, 0.1) is 29.4 Å². The number of oxazole rings is 1. The van der Waals surface area contributed by atoms with Gasteiger partial charge in [0.25, 0.3) is 11.6 Å². The first kappa shape index (κ1) is 22.5. The second-order valence-corrected chi connectivity index (χ2v) is 8.53. The van der Waals surface area contributed by atoms with Crippen molar-refractivity contribution in [3.8, 4) is 11.5 Å². The average molecular weight is 473 g/mol. The fourth-order valence-corrected chi connectivity index (χ4v) is 4.27. The summed E-state index contributed by atoms with van der Waals surface area (Å²) in [5.41, 5.74) is 5.57. The average Bonchev–Trinajstić information content (AvgIpc) is 3.27. The van der Waals surface area contributed by atoms with Crippen molar-refractivity contribution in [3.05, 3.63) is 81.4 Å². The molecule has 1 aliphatic heterocycles. The molecule has 0 spiro atoms. The van der Waals surface area contributed by atoms with Crippen molar-refractivity contribution < 1.29 is 18.9 Å². The Morgan fingerprint density at radius 1 is 1.06 bits per heavy atom. The molecule has 1 N–H and O–H groups in total. The van der Waals surface area contributed by atoms with Gasteiger partial charge in [-0.1, -0.05) is 17.7 Å². The number of nitrogens with one attached hydrogen (secondary N) is 1. The fourth-order valence-electron chi connectivity index (χ4n) is 4.27. The SMILES string of the molecule is Cc1ccc(-c2nc3cc(NC(=O)c4cc([N+](=O)[O-])ccc4N4CCOCC4)ccc3o2)c(C)c1. The van der Waals surface area contributed by atoms with E-state index in [-0.39, 0.29) is 11.3 Å². The van der Waals surface area contributed by atoms with Gasteiger partial charge < -0.3 is 19.4 Å². The summed E-state index contributed by atoms with van der Waals surface area (Å²) in [7, 11) is 0. The second-order valence-electron chi connectivity index (χ2n) is 8.53. The van der Waals surface area contributed by atoms with E-state index in [4.69, 9.17) is 9.15 Å². The Morgan fingerprint density at radius 3 is 2.60 bits per heavy atom. The lowest BCUT2D eigenvalue weighted by molar-refractivity contribution is -0.384. The van der Waals surface area contributed by atoms with Crippen molar-refractivity contribution in [3.63, 3.8) is 0 Å². The second kappa shape index (κ2) is 9.19. The minimum atomic E-state index is -0.504. The molecule has 0 aliphatic carbocycles. The maximum absolute atomic E-state index is 13.3. The highest BCUT2D eigenvalue weighted by molar-refractivity contribution is 6.09. The Morgan fingerprint density at radius 2 is 1.86 bits per heavy atom. The van der Waals surface area contributed by atoms with Crippen LogP contribution >= 0.6 is 0 Å². The smallest absolute Gasteiger partial charge is 0.270 e. The van der Waals surface area contributed by atoms with Crippen LogP contribution < -0.4 is 10.2 Å². The monoisotopic (exact) mass is 472 g/mol. The summed E-state index contributed by atoms with van der Waals surface area (Å²) in [5.74, 6) is 0.0712. The van der Waals surface area contributed by atoms with Gasteiger partial charge in [0.2, 0.25) is 5.89 Å². The number of nitrogens with zero attached hydrogens (tertiary/aromatic N) is 3. The number of fused-ring (bicyclic) bond motifs is 1. The van der Waals surface area contributed by atoms with Gasteiger partial charge in [-0.25, -0.2) is 4.98 Å². The van der Waals surface area contributed by atoms with Gasteiger partial charge in [-0.2, -0.15) is 0 Å². The fraction of sp³-hybridized carbons (Fsp3) is 0.231. The molecule has 0 saturated carbocycles. The standard InChI is InChI=1S/C26H24N4O5/c1-16-3-6-20(17(2)13-16)26-28-22-14-18(4-8-24(22)35-26)27-25(31)21-15-19(30(32)33)5-7-23(21)29-9-11-34-12-10-29/h3-8,13-15H,9-12H2,1-2H3,(H,27,31). The molecule has 1 fully saturated rings. The van der Waals surface area contributed by atoms with Gasteiger partial charge in [-0.05, 0) is 49.7 Å². The number of carbonyl (C=O) groups excluding carboxylic acids is 1. The van der Waals surface area contributed by atoms with Crippen LogP contribution in [-0.4, -0.2) is 42.1 Å². The molecular formula is C26H24N4O5. The maximum atomic E-state index is 13.3. The highest BCUT2D eigenvalue weighted by Crippen LogP contribution is 2.30. The Hall–Kier alpha value is -4.24. The molecule has 5 rings (SSSR count). The van der Waals surface area contributed by atoms with Crippen molar-refractivity contribution >= 4 is 34.1 Å². The molecule has 178 valence electrons. The Kier molecular flexibility index (Phi) is 5.92. The Labute approximate surface area is 201 Å². The third-order valence-electron chi connectivity index (χ3n) is 6.05. The van der Waals surface area contributed by atoms with Crippen LogP contribution in [0.25, 0.3) is 22.6 Å². The number of aromatic nitrogens is 1. The van der Waals surface area contributed by atoms with E-state index >= 15 is 0 Å². The van der Waals surface area contributed by atoms with E-state index in [0.717, 1.165) is 16.7 Å². The zero-order valence-corrected chi connectivity index (χ0v) is 19.4. The topological polar surface area (TPSA) is 111 Å². The molecule has 0 bridgehead atoms. The van der Waals surface area contributed by atoms with Crippen LogP contribution in [0.2, 0.25) is 0 Å². The largest absolute Gasteiger partial charge is 0.436 e. The number of nitro benzene ring substituents is 1. The van der Waals surface area contributed by atoms with E-state index in [1.54, 1.807) is 24.3 Å². The first-order valence-corrected chi connectivity index (χ1v) is 11.3. The first-order valence-electron chi connectivity index (χ1n) is 11.3. The normalized spacial score (nSPS) is 13.7. The number of morpholine rings is 1. The third kappa shape index (κ3) is 4.58. The highest BCUT2D eigenvalue weighted by Gasteiger charge is 2.22. The Balaban J connectivity index is 1.45. The van der Waals surface area contributed by atoms with E-state index in [0.29, 0.717) is 54.7 Å². The number of nitro groups is 1. The molecule has 2 heterocycles. The van der Waals surface area contributed by atoms with E-state index in [2.05, 4.69) is 16.4 Å². The van der Waals surface area contributed by atoms with Gasteiger partial charge in [0.15, 0.2) is 5.58 Å². The molecule has 0 atom stereocenters. The summed E-state index contributed by atoms with van der Waals surface area (Å²) in [6.07, 6.45) is 0. The maximum Gasteiger partial charge on any atom is 0.270 e. The molecule has 9 nitrogen and oxygen atoms in total. The predicted molar refractivity (Wildman–Crippen MR) is 133 cm³/mol. The number of benzene rings is 3. The lowest BCUT2D eigenvalue weighted by Gasteiger charge is -2.30. The summed E-state index contributed by atoms with van der Waals surface area (Å²) >= 11 is 0. The van der Waals surface area contributed by atoms with E-state index < -0.39 is 10.8 Å². The molecule has 1 saturated heterocycles. The van der Waals surface area contributed by atoms with E-state index in [1.165, 1.54) is 12.1 Å². The number of ether oxygens (including phenoxy) is 1. The van der Waals surface area contributed by atoms with Crippen LogP contribution in [0.1, 0.15) is 21.5 Å². The number of non-ortho nitro benzene ring substituents is 1. The van der Waals surface area contributed by atoms with Crippen LogP contribution in [0.3, 0.4) is 0 Å². The molecular weight excluding hydrogens is 448 g/mol. The summed E-state index contributed by atoms with van der Waals surface area (Å²) in [4.78, 5) is 30.7. The van der Waals surface area contributed by atoms with Crippen molar-refractivity contribution in [1.29, 1.82) is 0 Å².